The molecule has 0 aromatic heterocycles. The summed E-state index contributed by atoms with van der Waals surface area (Å²) in [6, 6.07) is 10.6. The Kier molecular flexibility index (Phi) is 5.30. The van der Waals surface area contributed by atoms with E-state index in [9.17, 15) is 18.0 Å². The molecule has 0 radical (unpaired) electrons. The number of halogens is 3. The maximum atomic E-state index is 12.8. The SMILES string of the molecule is Cc1cc(C)cc(N2CCN(C(=O)Nc3cccc(C(F)(F)F)c3)CC2)c1. The molecule has 0 spiro atoms. The first-order valence-corrected chi connectivity index (χ1v) is 8.79. The maximum absolute atomic E-state index is 12.8. The quantitative estimate of drug-likeness (QED) is 0.825. The summed E-state index contributed by atoms with van der Waals surface area (Å²) in [6.45, 7) is 6.48. The topological polar surface area (TPSA) is 35.6 Å². The van der Waals surface area contributed by atoms with E-state index in [1.165, 1.54) is 23.3 Å². The van der Waals surface area contributed by atoms with Gasteiger partial charge in [-0.1, -0.05) is 12.1 Å². The van der Waals surface area contributed by atoms with Gasteiger partial charge in [0, 0.05) is 37.6 Å². The van der Waals surface area contributed by atoms with Crippen LogP contribution in [-0.4, -0.2) is 37.1 Å². The van der Waals surface area contributed by atoms with Crippen LogP contribution in [0.1, 0.15) is 16.7 Å². The highest BCUT2D eigenvalue weighted by Gasteiger charge is 2.30. The zero-order valence-corrected chi connectivity index (χ0v) is 15.3. The summed E-state index contributed by atoms with van der Waals surface area (Å²) >= 11 is 0. The van der Waals surface area contributed by atoms with Gasteiger partial charge in [-0.3, -0.25) is 0 Å². The van der Waals surface area contributed by atoms with Crippen LogP contribution in [0.25, 0.3) is 0 Å². The fraction of sp³-hybridized carbons (Fsp3) is 0.350. The smallest absolute Gasteiger partial charge is 0.368 e. The van der Waals surface area contributed by atoms with Crippen LogP contribution in [-0.2, 0) is 6.18 Å². The van der Waals surface area contributed by atoms with Crippen molar-refractivity contribution in [2.24, 2.45) is 0 Å². The molecule has 2 amide bonds. The highest BCUT2D eigenvalue weighted by molar-refractivity contribution is 5.89. The number of benzene rings is 2. The number of hydrogen-bond acceptors (Lipinski definition) is 2. The highest BCUT2D eigenvalue weighted by atomic mass is 19.4. The van der Waals surface area contributed by atoms with E-state index in [1.54, 1.807) is 4.90 Å². The first kappa shape index (κ1) is 19.1. The molecule has 4 nitrogen and oxygen atoms in total. The molecule has 1 N–H and O–H groups in total. The van der Waals surface area contributed by atoms with Crippen LogP contribution in [0, 0.1) is 13.8 Å². The number of amides is 2. The minimum atomic E-state index is -4.43. The molecular formula is C20H22F3N3O. The highest BCUT2D eigenvalue weighted by Crippen LogP contribution is 2.30. The molecule has 0 atom stereocenters. The zero-order chi connectivity index (χ0) is 19.6. The molecule has 1 saturated heterocycles. The fourth-order valence-electron chi connectivity index (χ4n) is 3.28. The van der Waals surface area contributed by atoms with Gasteiger partial charge in [-0.2, -0.15) is 13.2 Å². The second-order valence-electron chi connectivity index (χ2n) is 6.83. The van der Waals surface area contributed by atoms with Gasteiger partial charge in [-0.15, -0.1) is 0 Å². The number of anilines is 2. The number of aryl methyl sites for hydroxylation is 2. The van der Waals surface area contributed by atoms with Gasteiger partial charge in [0.15, 0.2) is 0 Å². The molecule has 7 heteroatoms. The van der Waals surface area contributed by atoms with Crippen LogP contribution >= 0.6 is 0 Å². The Morgan fingerprint density at radius 2 is 1.59 bits per heavy atom. The van der Waals surface area contributed by atoms with Gasteiger partial charge in [0.05, 0.1) is 5.56 Å². The molecule has 144 valence electrons. The second kappa shape index (κ2) is 7.50. The summed E-state index contributed by atoms with van der Waals surface area (Å²) in [6.07, 6.45) is -4.43. The Balaban J connectivity index is 1.60. The first-order chi connectivity index (χ1) is 12.7. The van der Waals surface area contributed by atoms with Crippen LogP contribution in [0.5, 0.6) is 0 Å². The van der Waals surface area contributed by atoms with E-state index in [0.717, 1.165) is 17.8 Å². The molecule has 0 aliphatic carbocycles. The monoisotopic (exact) mass is 377 g/mol. The molecule has 1 aliphatic heterocycles. The van der Waals surface area contributed by atoms with E-state index in [2.05, 4.69) is 42.3 Å². The van der Waals surface area contributed by atoms with Crippen molar-refractivity contribution < 1.29 is 18.0 Å². The lowest BCUT2D eigenvalue weighted by Gasteiger charge is -2.36. The minimum absolute atomic E-state index is 0.145. The number of carbonyl (C=O) groups excluding carboxylic acids is 1. The van der Waals surface area contributed by atoms with E-state index in [1.807, 2.05) is 0 Å². The molecule has 1 aliphatic rings. The number of nitrogens with zero attached hydrogens (tertiary/aromatic N) is 2. The van der Waals surface area contributed by atoms with E-state index in [0.29, 0.717) is 26.2 Å². The molecule has 2 aromatic carbocycles. The molecule has 0 bridgehead atoms. The number of carbonyl (C=O) groups is 1. The normalized spacial score (nSPS) is 15.0. The molecular weight excluding hydrogens is 355 g/mol. The average molecular weight is 377 g/mol. The van der Waals surface area contributed by atoms with Crippen LogP contribution in [0.15, 0.2) is 42.5 Å². The van der Waals surface area contributed by atoms with Gasteiger partial charge < -0.3 is 15.1 Å². The van der Waals surface area contributed by atoms with Gasteiger partial charge >= 0.3 is 12.2 Å². The number of nitrogens with one attached hydrogen (secondary N) is 1. The number of urea groups is 1. The van der Waals surface area contributed by atoms with Crippen LogP contribution in [0.2, 0.25) is 0 Å². The molecule has 1 fully saturated rings. The van der Waals surface area contributed by atoms with Crippen molar-refractivity contribution in [1.29, 1.82) is 0 Å². The minimum Gasteiger partial charge on any atom is -0.368 e. The average Bonchev–Trinajstić information content (AvgIpc) is 2.60. The molecule has 3 rings (SSSR count). The number of alkyl halides is 3. The lowest BCUT2D eigenvalue weighted by molar-refractivity contribution is -0.137. The van der Waals surface area contributed by atoms with Crippen molar-refractivity contribution in [2.75, 3.05) is 36.4 Å². The number of rotatable bonds is 2. The van der Waals surface area contributed by atoms with Gasteiger partial charge in [0.1, 0.15) is 0 Å². The van der Waals surface area contributed by atoms with Gasteiger partial charge in [-0.05, 0) is 55.3 Å². The van der Waals surface area contributed by atoms with Gasteiger partial charge in [0.2, 0.25) is 0 Å². The Bertz CT molecular complexity index is 807. The Morgan fingerprint density at radius 3 is 2.19 bits per heavy atom. The van der Waals surface area contributed by atoms with E-state index < -0.39 is 11.7 Å². The molecule has 1 heterocycles. The van der Waals surface area contributed by atoms with E-state index in [-0.39, 0.29) is 11.7 Å². The molecule has 27 heavy (non-hydrogen) atoms. The third-order valence-electron chi connectivity index (χ3n) is 4.58. The summed E-state index contributed by atoms with van der Waals surface area (Å²) in [4.78, 5) is 16.2. The van der Waals surface area contributed by atoms with Crippen molar-refractivity contribution in [1.82, 2.24) is 4.90 Å². The van der Waals surface area contributed by atoms with Crippen molar-refractivity contribution in [3.05, 3.63) is 59.2 Å². The van der Waals surface area contributed by atoms with Crippen molar-refractivity contribution in [3.63, 3.8) is 0 Å². The van der Waals surface area contributed by atoms with Crippen molar-refractivity contribution in [3.8, 4) is 0 Å². The van der Waals surface area contributed by atoms with Crippen molar-refractivity contribution in [2.45, 2.75) is 20.0 Å². The summed E-state index contributed by atoms with van der Waals surface area (Å²) in [7, 11) is 0. The molecule has 0 unspecified atom stereocenters. The lowest BCUT2D eigenvalue weighted by Crippen LogP contribution is -2.50. The van der Waals surface area contributed by atoms with E-state index >= 15 is 0 Å². The Labute approximate surface area is 156 Å². The fourth-order valence-corrected chi connectivity index (χ4v) is 3.28. The predicted octanol–water partition coefficient (Wildman–Crippen LogP) is 4.68. The number of hydrogen-bond donors (Lipinski definition) is 1. The van der Waals surface area contributed by atoms with Crippen LogP contribution < -0.4 is 10.2 Å². The summed E-state index contributed by atoms with van der Waals surface area (Å²) < 4.78 is 38.4. The Hall–Kier alpha value is -2.70. The maximum Gasteiger partial charge on any atom is 0.416 e. The number of piperazine rings is 1. The summed E-state index contributed by atoms with van der Waals surface area (Å²) in [5, 5.41) is 2.57. The Morgan fingerprint density at radius 1 is 0.963 bits per heavy atom. The van der Waals surface area contributed by atoms with Crippen LogP contribution in [0.3, 0.4) is 0 Å². The van der Waals surface area contributed by atoms with Gasteiger partial charge in [0.25, 0.3) is 0 Å². The first-order valence-electron chi connectivity index (χ1n) is 8.79. The zero-order valence-electron chi connectivity index (χ0n) is 15.3. The molecule has 0 saturated carbocycles. The van der Waals surface area contributed by atoms with Crippen LogP contribution in [0.4, 0.5) is 29.3 Å². The lowest BCUT2D eigenvalue weighted by atomic mass is 10.1. The van der Waals surface area contributed by atoms with Crippen molar-refractivity contribution >= 4 is 17.4 Å². The molecule has 2 aromatic rings. The third-order valence-corrected chi connectivity index (χ3v) is 4.58. The second-order valence-corrected chi connectivity index (χ2v) is 6.83. The summed E-state index contributed by atoms with van der Waals surface area (Å²) in [5.41, 5.74) is 2.88. The predicted molar refractivity (Wildman–Crippen MR) is 100 cm³/mol. The van der Waals surface area contributed by atoms with E-state index in [4.69, 9.17) is 0 Å². The largest absolute Gasteiger partial charge is 0.416 e. The summed E-state index contributed by atoms with van der Waals surface area (Å²) in [5.74, 6) is 0. The third kappa shape index (κ3) is 4.72. The van der Waals surface area contributed by atoms with Gasteiger partial charge in [-0.25, -0.2) is 4.79 Å². The standard InChI is InChI=1S/C20H22F3N3O/c1-14-10-15(2)12-18(11-14)25-6-8-26(9-7-25)19(27)24-17-5-3-4-16(13-17)20(21,22)23/h3-5,10-13H,6-9H2,1-2H3,(H,24,27).